The summed E-state index contributed by atoms with van der Waals surface area (Å²) in [6, 6.07) is 7.80. The van der Waals surface area contributed by atoms with Crippen molar-refractivity contribution in [3.05, 3.63) is 48.5 Å². The molecule has 0 spiro atoms. The minimum absolute atomic E-state index is 0.705. The highest BCUT2D eigenvalue weighted by atomic mass is 14.9. The first kappa shape index (κ1) is 7.86. The monoisotopic (exact) mass is 173 g/mol. The van der Waals surface area contributed by atoms with Crippen LogP contribution in [-0.4, -0.2) is 9.55 Å². The van der Waals surface area contributed by atoms with Crippen molar-refractivity contribution in [2.24, 2.45) is 0 Å². The molecule has 0 aliphatic carbocycles. The lowest BCUT2D eigenvalue weighted by molar-refractivity contribution is 0.781. The summed E-state index contributed by atoms with van der Waals surface area (Å²) in [4.78, 5) is 4.21. The van der Waals surface area contributed by atoms with Crippen molar-refractivity contribution >= 4 is 5.69 Å². The van der Waals surface area contributed by atoms with Gasteiger partial charge in [-0.2, -0.15) is 0 Å². The Balaban J connectivity index is 2.15. The van der Waals surface area contributed by atoms with Gasteiger partial charge in [0.05, 0.1) is 24.1 Å². The predicted octanol–water partition coefficient (Wildman–Crippen LogP) is 1.51. The van der Waals surface area contributed by atoms with E-state index in [2.05, 4.69) is 9.55 Å². The third-order valence-electron chi connectivity index (χ3n) is 1.86. The maximum Gasteiger partial charge on any atom is 0.0642 e. The second-order valence-electron chi connectivity index (χ2n) is 2.94. The average molecular weight is 173 g/mol. The Kier molecular flexibility index (Phi) is 2.00. The predicted molar refractivity (Wildman–Crippen MR) is 52.2 cm³/mol. The highest BCUT2D eigenvalue weighted by Gasteiger charge is 1.94. The third-order valence-corrected chi connectivity index (χ3v) is 1.86. The van der Waals surface area contributed by atoms with E-state index in [1.807, 2.05) is 36.7 Å². The summed E-state index contributed by atoms with van der Waals surface area (Å²) in [6.45, 7) is 0.799. The molecular weight excluding hydrogens is 162 g/mol. The van der Waals surface area contributed by atoms with Crippen LogP contribution in [0.4, 0.5) is 5.69 Å². The van der Waals surface area contributed by atoms with Crippen molar-refractivity contribution in [3.8, 4) is 0 Å². The van der Waals surface area contributed by atoms with Gasteiger partial charge < -0.3 is 10.3 Å². The number of hydrogen-bond donors (Lipinski definition) is 1. The molecule has 2 N–H and O–H groups in total. The molecule has 2 aromatic heterocycles. The van der Waals surface area contributed by atoms with Crippen LogP contribution in [0.5, 0.6) is 0 Å². The molecule has 0 fully saturated rings. The minimum atomic E-state index is 0.705. The Labute approximate surface area is 76.8 Å². The van der Waals surface area contributed by atoms with Gasteiger partial charge in [0.2, 0.25) is 0 Å². The van der Waals surface area contributed by atoms with Crippen LogP contribution in [0.1, 0.15) is 5.69 Å². The normalized spacial score (nSPS) is 10.2. The smallest absolute Gasteiger partial charge is 0.0642 e. The van der Waals surface area contributed by atoms with Crippen molar-refractivity contribution in [1.82, 2.24) is 9.55 Å². The number of pyridine rings is 1. The molecule has 0 aromatic carbocycles. The van der Waals surface area contributed by atoms with E-state index in [9.17, 15) is 0 Å². The van der Waals surface area contributed by atoms with Crippen molar-refractivity contribution in [3.63, 3.8) is 0 Å². The van der Waals surface area contributed by atoms with Crippen LogP contribution in [0, 0.1) is 0 Å². The quantitative estimate of drug-likeness (QED) is 0.748. The van der Waals surface area contributed by atoms with Gasteiger partial charge in [-0.05, 0) is 24.3 Å². The molecule has 0 unspecified atom stereocenters. The van der Waals surface area contributed by atoms with Gasteiger partial charge in [0.1, 0.15) is 0 Å². The van der Waals surface area contributed by atoms with Gasteiger partial charge in [-0.1, -0.05) is 0 Å². The Bertz CT molecular complexity index is 362. The van der Waals surface area contributed by atoms with E-state index in [0.717, 1.165) is 12.2 Å². The summed E-state index contributed by atoms with van der Waals surface area (Å²) in [5, 5.41) is 0. The first-order valence-corrected chi connectivity index (χ1v) is 4.16. The van der Waals surface area contributed by atoms with Crippen molar-refractivity contribution in [1.29, 1.82) is 0 Å². The molecule has 66 valence electrons. The van der Waals surface area contributed by atoms with Gasteiger partial charge in [-0.15, -0.1) is 0 Å². The first-order chi connectivity index (χ1) is 6.34. The van der Waals surface area contributed by atoms with Crippen LogP contribution in [0.3, 0.4) is 0 Å². The largest absolute Gasteiger partial charge is 0.397 e. The van der Waals surface area contributed by atoms with Gasteiger partial charge in [-0.25, -0.2) is 0 Å². The van der Waals surface area contributed by atoms with E-state index >= 15 is 0 Å². The van der Waals surface area contributed by atoms with Crippen LogP contribution in [0.15, 0.2) is 42.9 Å². The molecule has 2 heterocycles. The number of nitrogen functional groups attached to an aromatic ring is 1. The zero-order chi connectivity index (χ0) is 9.10. The van der Waals surface area contributed by atoms with Gasteiger partial charge in [0.25, 0.3) is 0 Å². The van der Waals surface area contributed by atoms with Crippen LogP contribution in [-0.2, 0) is 6.54 Å². The van der Waals surface area contributed by atoms with Crippen molar-refractivity contribution < 1.29 is 0 Å². The molecule has 3 nitrogen and oxygen atoms in total. The molecule has 2 aromatic rings. The molecule has 0 amide bonds. The second-order valence-corrected chi connectivity index (χ2v) is 2.94. The summed E-state index contributed by atoms with van der Waals surface area (Å²) >= 11 is 0. The van der Waals surface area contributed by atoms with Gasteiger partial charge in [0.15, 0.2) is 0 Å². The molecule has 2 rings (SSSR count). The second kappa shape index (κ2) is 3.31. The number of hydrogen-bond acceptors (Lipinski definition) is 2. The summed E-state index contributed by atoms with van der Waals surface area (Å²) in [7, 11) is 0. The number of anilines is 1. The molecular formula is C10H11N3. The summed E-state index contributed by atoms with van der Waals surface area (Å²) in [5.74, 6) is 0. The Hall–Kier alpha value is -1.77. The fraction of sp³-hybridized carbons (Fsp3) is 0.100. The van der Waals surface area contributed by atoms with Crippen molar-refractivity contribution in [2.45, 2.75) is 6.54 Å². The summed E-state index contributed by atoms with van der Waals surface area (Å²) in [5.41, 5.74) is 7.25. The number of nitrogens with two attached hydrogens (primary N) is 1. The van der Waals surface area contributed by atoms with Gasteiger partial charge in [0, 0.05) is 12.4 Å². The zero-order valence-electron chi connectivity index (χ0n) is 7.22. The Morgan fingerprint density at radius 3 is 2.62 bits per heavy atom. The van der Waals surface area contributed by atoms with Crippen LogP contribution < -0.4 is 5.73 Å². The lowest BCUT2D eigenvalue weighted by Crippen LogP contribution is -1.99. The molecule has 13 heavy (non-hydrogen) atoms. The highest BCUT2D eigenvalue weighted by Crippen LogP contribution is 2.03. The highest BCUT2D eigenvalue weighted by molar-refractivity contribution is 5.34. The molecule has 0 saturated carbocycles. The summed E-state index contributed by atoms with van der Waals surface area (Å²) in [6.07, 6.45) is 5.70. The first-order valence-electron chi connectivity index (χ1n) is 4.16. The molecule has 0 aliphatic heterocycles. The molecule has 0 radical (unpaired) electrons. The number of rotatable bonds is 2. The third kappa shape index (κ3) is 1.87. The molecule has 0 saturated heterocycles. The van der Waals surface area contributed by atoms with Gasteiger partial charge in [-0.3, -0.25) is 4.98 Å². The van der Waals surface area contributed by atoms with Gasteiger partial charge >= 0.3 is 0 Å². The Morgan fingerprint density at radius 2 is 2.00 bits per heavy atom. The van der Waals surface area contributed by atoms with E-state index in [1.165, 1.54) is 0 Å². The Morgan fingerprint density at radius 1 is 1.23 bits per heavy atom. The maximum atomic E-state index is 5.53. The average Bonchev–Trinajstić information content (AvgIpc) is 2.62. The number of nitrogens with zero attached hydrogens (tertiary/aromatic N) is 2. The topological polar surface area (TPSA) is 43.8 Å². The zero-order valence-corrected chi connectivity index (χ0v) is 7.22. The standard InChI is InChI=1S/C10H11N3/c11-9-3-4-10(12-7-9)8-13-5-1-2-6-13/h1-7H,8,11H2. The molecule has 0 aliphatic rings. The molecule has 0 bridgehead atoms. The maximum absolute atomic E-state index is 5.53. The fourth-order valence-corrected chi connectivity index (χ4v) is 1.19. The molecule has 3 heteroatoms. The fourth-order valence-electron chi connectivity index (χ4n) is 1.19. The minimum Gasteiger partial charge on any atom is -0.397 e. The lowest BCUT2D eigenvalue weighted by Gasteiger charge is -2.01. The van der Waals surface area contributed by atoms with E-state index < -0.39 is 0 Å². The number of aromatic nitrogens is 2. The van der Waals surface area contributed by atoms with Crippen molar-refractivity contribution in [2.75, 3.05) is 5.73 Å². The van der Waals surface area contributed by atoms with E-state index in [-0.39, 0.29) is 0 Å². The van der Waals surface area contributed by atoms with E-state index in [1.54, 1.807) is 6.20 Å². The van der Waals surface area contributed by atoms with Crippen LogP contribution >= 0.6 is 0 Å². The van der Waals surface area contributed by atoms with Crippen LogP contribution in [0.25, 0.3) is 0 Å². The lowest BCUT2D eigenvalue weighted by atomic mass is 10.3. The summed E-state index contributed by atoms with van der Waals surface area (Å²) < 4.78 is 2.07. The van der Waals surface area contributed by atoms with Crippen LogP contribution in [0.2, 0.25) is 0 Å². The van der Waals surface area contributed by atoms with E-state index in [0.29, 0.717) is 5.69 Å². The van der Waals surface area contributed by atoms with E-state index in [4.69, 9.17) is 5.73 Å². The SMILES string of the molecule is Nc1ccc(Cn2cccc2)nc1. The molecule has 0 atom stereocenters.